The van der Waals surface area contributed by atoms with Crippen molar-refractivity contribution in [3.05, 3.63) is 11.8 Å². The molecule has 1 unspecified atom stereocenters. The molecule has 0 saturated heterocycles. The number of amides is 1. The largest absolute Gasteiger partial charge is 0.330 e. The lowest BCUT2D eigenvalue weighted by Gasteiger charge is -2.06. The molecule has 1 fully saturated rings. The third-order valence-corrected chi connectivity index (χ3v) is 3.16. The second-order valence-electron chi connectivity index (χ2n) is 4.67. The quantitative estimate of drug-likeness (QED) is 0.809. The van der Waals surface area contributed by atoms with Crippen molar-refractivity contribution in [2.75, 3.05) is 11.9 Å². The predicted octanol–water partition coefficient (Wildman–Crippen LogP) is 1.31. The first-order valence-electron chi connectivity index (χ1n) is 6.24. The van der Waals surface area contributed by atoms with Crippen LogP contribution in [-0.4, -0.2) is 22.2 Å². The first-order valence-corrected chi connectivity index (χ1v) is 6.24. The van der Waals surface area contributed by atoms with E-state index in [4.69, 9.17) is 5.73 Å². The zero-order valence-electron chi connectivity index (χ0n) is 10.4. The van der Waals surface area contributed by atoms with Crippen molar-refractivity contribution in [2.45, 2.75) is 39.2 Å². The number of aryl methyl sites for hydroxylation is 1. The first-order chi connectivity index (χ1) is 8.15. The van der Waals surface area contributed by atoms with Crippen LogP contribution < -0.4 is 11.1 Å². The highest BCUT2D eigenvalue weighted by Crippen LogP contribution is 2.40. The molecule has 2 rings (SSSR count). The monoisotopic (exact) mass is 236 g/mol. The maximum Gasteiger partial charge on any atom is 0.229 e. The number of aromatic nitrogens is 2. The molecule has 94 valence electrons. The van der Waals surface area contributed by atoms with Crippen LogP contribution in [0.5, 0.6) is 0 Å². The Morgan fingerprint density at radius 1 is 1.71 bits per heavy atom. The number of anilines is 1. The Balaban J connectivity index is 2.08. The number of nitrogens with one attached hydrogen (secondary N) is 1. The molecule has 1 aromatic heterocycles. The van der Waals surface area contributed by atoms with E-state index in [1.54, 1.807) is 0 Å². The second-order valence-corrected chi connectivity index (χ2v) is 4.67. The van der Waals surface area contributed by atoms with Crippen LogP contribution in [0.1, 0.15) is 38.3 Å². The molecule has 1 aromatic rings. The number of carbonyl (C=O) groups is 1. The Bertz CT molecular complexity index is 409. The van der Waals surface area contributed by atoms with Gasteiger partial charge in [-0.05, 0) is 19.8 Å². The van der Waals surface area contributed by atoms with Gasteiger partial charge in [0, 0.05) is 36.7 Å². The van der Waals surface area contributed by atoms with E-state index in [-0.39, 0.29) is 11.8 Å². The Hall–Kier alpha value is -1.36. The zero-order valence-corrected chi connectivity index (χ0v) is 10.4. The first kappa shape index (κ1) is 12.1. The molecule has 0 radical (unpaired) electrons. The van der Waals surface area contributed by atoms with E-state index in [0.29, 0.717) is 18.3 Å². The molecule has 5 nitrogen and oxygen atoms in total. The van der Waals surface area contributed by atoms with Crippen LogP contribution in [0, 0.1) is 5.92 Å². The Morgan fingerprint density at radius 2 is 2.41 bits per heavy atom. The van der Waals surface area contributed by atoms with Crippen molar-refractivity contribution in [2.24, 2.45) is 11.7 Å². The van der Waals surface area contributed by atoms with Gasteiger partial charge in [-0.15, -0.1) is 0 Å². The summed E-state index contributed by atoms with van der Waals surface area (Å²) in [4.78, 5) is 11.7. The van der Waals surface area contributed by atoms with Gasteiger partial charge in [-0.25, -0.2) is 0 Å². The Morgan fingerprint density at radius 3 is 2.94 bits per heavy atom. The van der Waals surface area contributed by atoms with Crippen LogP contribution in [0.4, 0.5) is 5.82 Å². The van der Waals surface area contributed by atoms with Gasteiger partial charge < -0.3 is 11.1 Å². The van der Waals surface area contributed by atoms with Crippen LogP contribution in [0.25, 0.3) is 0 Å². The van der Waals surface area contributed by atoms with Crippen LogP contribution in [0.2, 0.25) is 0 Å². The lowest BCUT2D eigenvalue weighted by molar-refractivity contribution is -0.119. The average Bonchev–Trinajstić information content (AvgIpc) is 3.10. The fourth-order valence-electron chi connectivity index (χ4n) is 1.81. The van der Waals surface area contributed by atoms with Gasteiger partial charge in [-0.3, -0.25) is 9.48 Å². The molecular weight excluding hydrogens is 216 g/mol. The van der Waals surface area contributed by atoms with Crippen molar-refractivity contribution in [3.63, 3.8) is 0 Å². The van der Waals surface area contributed by atoms with Crippen molar-refractivity contribution in [1.29, 1.82) is 0 Å². The third-order valence-electron chi connectivity index (χ3n) is 3.16. The maximum atomic E-state index is 11.7. The summed E-state index contributed by atoms with van der Waals surface area (Å²) in [6, 6.07) is 1.99. The summed E-state index contributed by atoms with van der Waals surface area (Å²) < 4.78 is 1.97. The number of nitrogens with two attached hydrogens (primary N) is 1. The second kappa shape index (κ2) is 4.87. The molecular formula is C12H20N4O. The topological polar surface area (TPSA) is 72.9 Å². The molecule has 1 saturated carbocycles. The zero-order chi connectivity index (χ0) is 12.4. The number of rotatable bonds is 5. The van der Waals surface area contributed by atoms with E-state index < -0.39 is 0 Å². The molecule has 0 aliphatic heterocycles. The summed E-state index contributed by atoms with van der Waals surface area (Å²) in [6.45, 7) is 5.07. The van der Waals surface area contributed by atoms with Gasteiger partial charge in [-0.2, -0.15) is 5.10 Å². The number of nitrogens with zero attached hydrogens (tertiary/aromatic N) is 2. The normalized spacial score (nSPS) is 16.9. The molecule has 0 spiro atoms. The molecule has 0 aromatic carbocycles. The SMILES string of the molecule is CCn1nc(NC(=O)C(C)CN)cc1C1CC1. The minimum Gasteiger partial charge on any atom is -0.330 e. The summed E-state index contributed by atoms with van der Waals surface area (Å²) in [5.74, 6) is 1.06. The molecule has 3 N–H and O–H groups in total. The minimum atomic E-state index is -0.175. The van der Waals surface area contributed by atoms with Gasteiger partial charge in [0.05, 0.1) is 0 Å². The van der Waals surface area contributed by atoms with Crippen molar-refractivity contribution in [1.82, 2.24) is 9.78 Å². The lowest BCUT2D eigenvalue weighted by Crippen LogP contribution is -2.26. The van der Waals surface area contributed by atoms with Gasteiger partial charge >= 0.3 is 0 Å². The van der Waals surface area contributed by atoms with E-state index in [9.17, 15) is 4.79 Å². The highest BCUT2D eigenvalue weighted by molar-refractivity contribution is 5.91. The fourth-order valence-corrected chi connectivity index (χ4v) is 1.81. The highest BCUT2D eigenvalue weighted by Gasteiger charge is 2.28. The van der Waals surface area contributed by atoms with Crippen LogP contribution >= 0.6 is 0 Å². The minimum absolute atomic E-state index is 0.0596. The molecule has 1 aliphatic carbocycles. The van der Waals surface area contributed by atoms with Crippen LogP contribution in [0.15, 0.2) is 6.07 Å². The van der Waals surface area contributed by atoms with E-state index in [2.05, 4.69) is 17.3 Å². The lowest BCUT2D eigenvalue weighted by atomic mass is 10.2. The van der Waals surface area contributed by atoms with Crippen molar-refractivity contribution < 1.29 is 4.79 Å². The number of hydrogen-bond donors (Lipinski definition) is 2. The summed E-state index contributed by atoms with van der Waals surface area (Å²) in [5.41, 5.74) is 6.70. The van der Waals surface area contributed by atoms with Gasteiger partial charge in [0.2, 0.25) is 5.91 Å². The summed E-state index contributed by atoms with van der Waals surface area (Å²) in [6.07, 6.45) is 2.47. The van der Waals surface area contributed by atoms with Gasteiger partial charge in [0.15, 0.2) is 5.82 Å². The van der Waals surface area contributed by atoms with Crippen LogP contribution in [0.3, 0.4) is 0 Å². The fraction of sp³-hybridized carbons (Fsp3) is 0.667. The van der Waals surface area contributed by atoms with Crippen molar-refractivity contribution >= 4 is 11.7 Å². The molecule has 1 aliphatic rings. The Labute approximate surface area is 101 Å². The van der Waals surface area contributed by atoms with Gasteiger partial charge in [0.25, 0.3) is 0 Å². The highest BCUT2D eigenvalue weighted by atomic mass is 16.1. The van der Waals surface area contributed by atoms with Gasteiger partial charge in [-0.1, -0.05) is 6.92 Å². The van der Waals surface area contributed by atoms with Gasteiger partial charge in [0.1, 0.15) is 0 Å². The molecule has 1 amide bonds. The summed E-state index contributed by atoms with van der Waals surface area (Å²) in [5, 5.41) is 7.21. The molecule has 1 atom stereocenters. The predicted molar refractivity (Wildman–Crippen MR) is 66.7 cm³/mol. The molecule has 1 heterocycles. The molecule has 5 heteroatoms. The summed E-state index contributed by atoms with van der Waals surface area (Å²) >= 11 is 0. The smallest absolute Gasteiger partial charge is 0.229 e. The summed E-state index contributed by atoms with van der Waals surface area (Å²) in [7, 11) is 0. The number of carbonyl (C=O) groups excluding carboxylic acids is 1. The standard InChI is InChI=1S/C12H20N4O/c1-3-16-10(9-4-5-9)6-11(15-16)14-12(17)8(2)7-13/h6,8-9H,3-5,7,13H2,1-2H3,(H,14,15,17). The van der Waals surface area contributed by atoms with E-state index in [0.717, 1.165) is 6.54 Å². The van der Waals surface area contributed by atoms with Crippen LogP contribution in [-0.2, 0) is 11.3 Å². The maximum absolute atomic E-state index is 11.7. The average molecular weight is 236 g/mol. The Kier molecular flexibility index (Phi) is 3.47. The van der Waals surface area contributed by atoms with Crippen molar-refractivity contribution in [3.8, 4) is 0 Å². The number of hydrogen-bond acceptors (Lipinski definition) is 3. The van der Waals surface area contributed by atoms with E-state index >= 15 is 0 Å². The van der Waals surface area contributed by atoms with E-state index in [1.807, 2.05) is 17.7 Å². The molecule has 0 bridgehead atoms. The molecule has 17 heavy (non-hydrogen) atoms. The van der Waals surface area contributed by atoms with E-state index in [1.165, 1.54) is 18.5 Å². The third kappa shape index (κ3) is 2.66.